The van der Waals surface area contributed by atoms with E-state index in [2.05, 4.69) is 0 Å². The van der Waals surface area contributed by atoms with Crippen LogP contribution in [0.1, 0.15) is 96.8 Å². The summed E-state index contributed by atoms with van der Waals surface area (Å²) in [7, 11) is 0. The standard InChI is InChI=1S/C25H31F21/c1-2-3-4-5-6-7-8-9-10-11-12-13-14-15-16(26,27)17(28,29)18(30,31)19(32,33)20(34,35)21(36,37)22(38,39)23(40,41)24(42,43)25(44,45)46/h2-15H2,1H3. The van der Waals surface area contributed by atoms with E-state index in [1.807, 2.05) is 6.92 Å². The molecule has 0 aromatic carbocycles. The lowest BCUT2D eigenvalue weighted by Crippen LogP contribution is -2.76. The maximum atomic E-state index is 14.0. The van der Waals surface area contributed by atoms with E-state index in [9.17, 15) is 92.2 Å². The van der Waals surface area contributed by atoms with Crippen molar-refractivity contribution in [2.75, 3.05) is 0 Å². The summed E-state index contributed by atoms with van der Waals surface area (Å²) in [4.78, 5) is 0. The number of halogens is 21. The monoisotopic (exact) mass is 730 g/mol. The van der Waals surface area contributed by atoms with Gasteiger partial charge in [0, 0.05) is 6.42 Å². The Balaban J connectivity index is 5.73. The van der Waals surface area contributed by atoms with Crippen LogP contribution in [-0.2, 0) is 0 Å². The van der Waals surface area contributed by atoms with Gasteiger partial charge in [-0.15, -0.1) is 0 Å². The highest BCUT2D eigenvalue weighted by molar-refractivity contribution is 5.17. The van der Waals surface area contributed by atoms with Crippen molar-refractivity contribution < 1.29 is 92.2 Å². The number of rotatable bonds is 22. The third-order valence-electron chi connectivity index (χ3n) is 7.17. The van der Waals surface area contributed by atoms with Gasteiger partial charge in [-0.3, -0.25) is 0 Å². The Morgan fingerprint density at radius 3 is 0.739 bits per heavy atom. The molecular weight excluding hydrogens is 699 g/mol. The Labute approximate surface area is 249 Å². The molecule has 0 aliphatic rings. The Morgan fingerprint density at radius 1 is 0.261 bits per heavy atom. The topological polar surface area (TPSA) is 0 Å². The predicted molar refractivity (Wildman–Crippen MR) is 121 cm³/mol. The fraction of sp³-hybridized carbons (Fsp3) is 1.00. The van der Waals surface area contributed by atoms with Crippen molar-refractivity contribution in [3.8, 4) is 0 Å². The van der Waals surface area contributed by atoms with Crippen molar-refractivity contribution >= 4 is 0 Å². The average Bonchev–Trinajstić information content (AvgIpc) is 2.89. The molecule has 0 spiro atoms. The van der Waals surface area contributed by atoms with Gasteiger partial charge in [-0.05, 0) is 6.42 Å². The Bertz CT molecular complexity index is 919. The van der Waals surface area contributed by atoms with Crippen LogP contribution in [0.4, 0.5) is 92.2 Å². The van der Waals surface area contributed by atoms with E-state index in [0.29, 0.717) is 19.3 Å². The fourth-order valence-corrected chi connectivity index (χ4v) is 4.11. The Hall–Kier alpha value is -1.47. The zero-order valence-corrected chi connectivity index (χ0v) is 23.8. The molecule has 0 bridgehead atoms. The van der Waals surface area contributed by atoms with Gasteiger partial charge in [-0.1, -0.05) is 84.0 Å². The third-order valence-corrected chi connectivity index (χ3v) is 7.17. The summed E-state index contributed by atoms with van der Waals surface area (Å²) in [6.07, 6.45) is -3.87. The quantitative estimate of drug-likeness (QED) is 0.0769. The van der Waals surface area contributed by atoms with Crippen LogP contribution in [-0.4, -0.2) is 59.5 Å². The minimum atomic E-state index is -9.13. The fourth-order valence-electron chi connectivity index (χ4n) is 4.11. The van der Waals surface area contributed by atoms with Crippen molar-refractivity contribution in [2.24, 2.45) is 0 Å². The minimum absolute atomic E-state index is 0.0130. The van der Waals surface area contributed by atoms with Gasteiger partial charge in [0.15, 0.2) is 0 Å². The molecule has 0 aromatic heterocycles. The van der Waals surface area contributed by atoms with Gasteiger partial charge in [-0.25, -0.2) is 0 Å². The molecule has 0 atom stereocenters. The normalized spacial score (nSPS) is 15.5. The summed E-state index contributed by atoms with van der Waals surface area (Å²) in [5, 5.41) is 0. The molecule has 0 nitrogen and oxygen atoms in total. The van der Waals surface area contributed by atoms with Crippen LogP contribution in [0.25, 0.3) is 0 Å². The van der Waals surface area contributed by atoms with E-state index in [1.54, 1.807) is 0 Å². The average molecular weight is 730 g/mol. The van der Waals surface area contributed by atoms with Crippen LogP contribution in [0.5, 0.6) is 0 Å². The second kappa shape index (κ2) is 15.0. The Kier molecular flexibility index (Phi) is 14.5. The molecule has 0 N–H and O–H groups in total. The van der Waals surface area contributed by atoms with E-state index in [4.69, 9.17) is 0 Å². The molecule has 0 heterocycles. The van der Waals surface area contributed by atoms with E-state index < -0.39 is 78.7 Å². The van der Waals surface area contributed by atoms with Gasteiger partial charge in [0.2, 0.25) is 0 Å². The van der Waals surface area contributed by atoms with E-state index in [-0.39, 0.29) is 6.42 Å². The molecule has 0 saturated carbocycles. The molecule has 0 aromatic rings. The van der Waals surface area contributed by atoms with Crippen LogP contribution in [0.15, 0.2) is 0 Å². The second-order valence-electron chi connectivity index (χ2n) is 10.8. The highest BCUT2D eigenvalue weighted by Gasteiger charge is 2.97. The van der Waals surface area contributed by atoms with Gasteiger partial charge < -0.3 is 0 Å². The summed E-state index contributed by atoms with van der Waals surface area (Å²) in [5.74, 6) is -76.3. The number of alkyl halides is 21. The SMILES string of the molecule is CCCCCCCCCCCCCCCC(F)(F)C(F)(F)C(F)(F)C(F)(F)C(F)(F)C(F)(F)C(F)(F)C(F)(F)C(F)(F)C(F)(F)F. The maximum Gasteiger partial charge on any atom is 0.460 e. The molecule has 0 aliphatic heterocycles. The summed E-state index contributed by atoms with van der Waals surface area (Å²) in [6, 6.07) is 0. The number of hydrogen-bond donors (Lipinski definition) is 0. The molecule has 21 heteroatoms. The molecule has 0 aliphatic carbocycles. The van der Waals surface area contributed by atoms with Crippen molar-refractivity contribution in [3.05, 3.63) is 0 Å². The molecule has 0 rings (SSSR count). The van der Waals surface area contributed by atoms with Crippen LogP contribution in [0.2, 0.25) is 0 Å². The first-order valence-corrected chi connectivity index (χ1v) is 13.8. The van der Waals surface area contributed by atoms with Gasteiger partial charge in [0.05, 0.1) is 0 Å². The molecule has 0 unspecified atom stereocenters. The predicted octanol–water partition coefficient (Wildman–Crippen LogP) is 12.7. The molecule has 0 radical (unpaired) electrons. The van der Waals surface area contributed by atoms with Crippen molar-refractivity contribution in [1.29, 1.82) is 0 Å². The highest BCUT2D eigenvalue weighted by atomic mass is 19.4. The lowest BCUT2D eigenvalue weighted by atomic mass is 9.85. The van der Waals surface area contributed by atoms with E-state index in [1.165, 1.54) is 0 Å². The summed E-state index contributed by atoms with van der Waals surface area (Å²) in [6.45, 7) is 2.03. The molecule has 0 fully saturated rings. The van der Waals surface area contributed by atoms with Crippen LogP contribution in [0, 0.1) is 0 Å². The molecule has 278 valence electrons. The lowest BCUT2D eigenvalue weighted by Gasteiger charge is -2.44. The van der Waals surface area contributed by atoms with Crippen molar-refractivity contribution in [2.45, 2.75) is 156 Å². The highest BCUT2D eigenvalue weighted by Crippen LogP contribution is 2.66. The summed E-state index contributed by atoms with van der Waals surface area (Å²) in [5.41, 5.74) is 0. The number of unbranched alkanes of at least 4 members (excludes halogenated alkanes) is 12. The van der Waals surface area contributed by atoms with Gasteiger partial charge in [-0.2, -0.15) is 92.2 Å². The Morgan fingerprint density at radius 2 is 0.478 bits per heavy atom. The summed E-state index contributed by atoms with van der Waals surface area (Å²) >= 11 is 0. The molecule has 0 amide bonds. The van der Waals surface area contributed by atoms with Gasteiger partial charge in [0.25, 0.3) is 0 Å². The first-order chi connectivity index (χ1) is 20.3. The number of hydrogen-bond acceptors (Lipinski definition) is 0. The van der Waals surface area contributed by atoms with Gasteiger partial charge >= 0.3 is 59.5 Å². The maximum absolute atomic E-state index is 14.0. The third kappa shape index (κ3) is 8.04. The lowest BCUT2D eigenvalue weighted by molar-refractivity contribution is -0.474. The molecular formula is C25H31F21. The zero-order chi connectivity index (χ0) is 36.9. The van der Waals surface area contributed by atoms with Crippen LogP contribution in [0.3, 0.4) is 0 Å². The van der Waals surface area contributed by atoms with Gasteiger partial charge in [0.1, 0.15) is 0 Å². The second-order valence-corrected chi connectivity index (χ2v) is 10.8. The first-order valence-electron chi connectivity index (χ1n) is 13.8. The van der Waals surface area contributed by atoms with E-state index >= 15 is 0 Å². The largest absolute Gasteiger partial charge is 0.460 e. The van der Waals surface area contributed by atoms with Crippen LogP contribution < -0.4 is 0 Å². The minimum Gasteiger partial charge on any atom is -0.200 e. The summed E-state index contributed by atoms with van der Waals surface area (Å²) < 4.78 is 282. The van der Waals surface area contributed by atoms with Crippen molar-refractivity contribution in [1.82, 2.24) is 0 Å². The molecule has 46 heavy (non-hydrogen) atoms. The first kappa shape index (κ1) is 44.5. The van der Waals surface area contributed by atoms with Crippen LogP contribution >= 0.6 is 0 Å². The van der Waals surface area contributed by atoms with Crippen molar-refractivity contribution in [3.63, 3.8) is 0 Å². The zero-order valence-electron chi connectivity index (χ0n) is 23.8. The smallest absolute Gasteiger partial charge is 0.200 e. The molecule has 0 saturated heterocycles. The van der Waals surface area contributed by atoms with E-state index in [0.717, 1.165) is 44.9 Å².